The molecule has 0 aliphatic carbocycles. The lowest BCUT2D eigenvalue weighted by Crippen LogP contribution is -2.18. The smallest absolute Gasteiger partial charge is 0.274 e. The summed E-state index contributed by atoms with van der Waals surface area (Å²) in [5.74, 6) is -0.864. The van der Waals surface area contributed by atoms with Crippen LogP contribution in [0, 0.1) is 0 Å². The van der Waals surface area contributed by atoms with Crippen molar-refractivity contribution in [3.8, 4) is 0 Å². The number of hydroxylamine groups is 1. The molecule has 0 aliphatic heterocycles. The van der Waals surface area contributed by atoms with Crippen molar-refractivity contribution in [3.63, 3.8) is 0 Å². The normalized spacial score (nSPS) is 10.3. The van der Waals surface area contributed by atoms with Crippen molar-refractivity contribution < 1.29 is 14.8 Å². The highest BCUT2D eigenvalue weighted by Gasteiger charge is 2.03. The van der Waals surface area contributed by atoms with Gasteiger partial charge in [0.1, 0.15) is 0 Å². The third kappa shape index (κ3) is 4.29. The summed E-state index contributed by atoms with van der Waals surface area (Å²) >= 11 is 0. The van der Waals surface area contributed by atoms with E-state index >= 15 is 0 Å². The Morgan fingerprint density at radius 2 is 1.76 bits per heavy atom. The summed E-state index contributed by atoms with van der Waals surface area (Å²) in [6.45, 7) is 0. The molecule has 0 saturated carbocycles. The summed E-state index contributed by atoms with van der Waals surface area (Å²) in [5, 5.41) is 11.3. The number of para-hydroxylation sites is 1. The van der Waals surface area contributed by atoms with E-state index in [2.05, 4.69) is 5.32 Å². The van der Waals surface area contributed by atoms with E-state index in [0.717, 1.165) is 0 Å². The Labute approximate surface area is 121 Å². The van der Waals surface area contributed by atoms with Crippen LogP contribution in [0.5, 0.6) is 0 Å². The molecule has 3 N–H and O–H groups in total. The number of carbonyl (C=O) groups excluding carboxylic acids is 2. The van der Waals surface area contributed by atoms with E-state index in [1.165, 1.54) is 6.08 Å². The van der Waals surface area contributed by atoms with Crippen molar-refractivity contribution in [2.24, 2.45) is 0 Å². The van der Waals surface area contributed by atoms with E-state index in [1.54, 1.807) is 48.0 Å². The molecular weight excluding hydrogens is 268 g/mol. The number of hydrogen-bond donors (Lipinski definition) is 3. The van der Waals surface area contributed by atoms with E-state index in [9.17, 15) is 9.59 Å². The van der Waals surface area contributed by atoms with Crippen LogP contribution in [0.1, 0.15) is 15.9 Å². The number of anilines is 1. The summed E-state index contributed by atoms with van der Waals surface area (Å²) in [4.78, 5) is 23.0. The SMILES string of the molecule is O=C(/C=C/c1cccc(C(=O)NO)c1)Nc1ccccc1. The maximum Gasteiger partial charge on any atom is 0.274 e. The van der Waals surface area contributed by atoms with Gasteiger partial charge in [-0.1, -0.05) is 30.3 Å². The van der Waals surface area contributed by atoms with Crippen LogP contribution in [0.3, 0.4) is 0 Å². The van der Waals surface area contributed by atoms with Crippen molar-refractivity contribution in [3.05, 3.63) is 71.8 Å². The van der Waals surface area contributed by atoms with Crippen LogP contribution in [0.2, 0.25) is 0 Å². The minimum atomic E-state index is -0.598. The molecule has 2 aromatic rings. The van der Waals surface area contributed by atoms with Gasteiger partial charge in [0.05, 0.1) is 0 Å². The Kier molecular flexibility index (Phi) is 4.84. The molecule has 0 bridgehead atoms. The van der Waals surface area contributed by atoms with Gasteiger partial charge >= 0.3 is 0 Å². The van der Waals surface area contributed by atoms with Gasteiger partial charge in [0.25, 0.3) is 5.91 Å². The molecule has 106 valence electrons. The molecule has 0 heterocycles. The van der Waals surface area contributed by atoms with E-state index in [1.807, 2.05) is 18.2 Å². The van der Waals surface area contributed by atoms with Crippen molar-refractivity contribution >= 4 is 23.6 Å². The van der Waals surface area contributed by atoms with Gasteiger partial charge in [-0.05, 0) is 35.9 Å². The number of carbonyl (C=O) groups is 2. The maximum absolute atomic E-state index is 11.7. The highest BCUT2D eigenvalue weighted by Crippen LogP contribution is 2.08. The van der Waals surface area contributed by atoms with Crippen LogP contribution >= 0.6 is 0 Å². The van der Waals surface area contributed by atoms with Crippen LogP contribution in [-0.2, 0) is 4.79 Å². The molecule has 0 aromatic heterocycles. The van der Waals surface area contributed by atoms with Crippen LogP contribution in [-0.4, -0.2) is 17.0 Å². The Morgan fingerprint density at radius 3 is 2.48 bits per heavy atom. The molecule has 21 heavy (non-hydrogen) atoms. The summed E-state index contributed by atoms with van der Waals surface area (Å²) in [6, 6.07) is 15.6. The Hall–Kier alpha value is -2.92. The average molecular weight is 282 g/mol. The summed E-state index contributed by atoms with van der Waals surface area (Å²) in [7, 11) is 0. The zero-order chi connectivity index (χ0) is 15.1. The number of amides is 2. The van der Waals surface area contributed by atoms with Crippen molar-refractivity contribution in [1.82, 2.24) is 5.48 Å². The predicted molar refractivity (Wildman–Crippen MR) is 79.8 cm³/mol. The first-order chi connectivity index (χ1) is 10.2. The topological polar surface area (TPSA) is 78.4 Å². The molecule has 0 saturated heterocycles. The van der Waals surface area contributed by atoms with E-state index < -0.39 is 5.91 Å². The molecule has 2 rings (SSSR count). The minimum Gasteiger partial charge on any atom is -0.323 e. The lowest BCUT2D eigenvalue weighted by Gasteiger charge is -2.01. The van der Waals surface area contributed by atoms with E-state index in [-0.39, 0.29) is 5.91 Å². The fourth-order valence-corrected chi connectivity index (χ4v) is 1.73. The lowest BCUT2D eigenvalue weighted by atomic mass is 10.1. The zero-order valence-corrected chi connectivity index (χ0v) is 11.1. The van der Waals surface area contributed by atoms with Gasteiger partial charge < -0.3 is 5.32 Å². The van der Waals surface area contributed by atoms with Crippen LogP contribution < -0.4 is 10.8 Å². The zero-order valence-electron chi connectivity index (χ0n) is 11.1. The van der Waals surface area contributed by atoms with Crippen molar-refractivity contribution in [1.29, 1.82) is 0 Å². The van der Waals surface area contributed by atoms with Crippen LogP contribution in [0.25, 0.3) is 6.08 Å². The molecular formula is C16H14N2O3. The first kappa shape index (κ1) is 14.5. The predicted octanol–water partition coefficient (Wildman–Crippen LogP) is 2.46. The van der Waals surface area contributed by atoms with Crippen LogP contribution in [0.15, 0.2) is 60.7 Å². The highest BCUT2D eigenvalue weighted by atomic mass is 16.5. The van der Waals surface area contributed by atoms with Crippen LogP contribution in [0.4, 0.5) is 5.69 Å². The van der Waals surface area contributed by atoms with Crippen molar-refractivity contribution in [2.45, 2.75) is 0 Å². The highest BCUT2D eigenvalue weighted by molar-refractivity contribution is 6.02. The van der Waals surface area contributed by atoms with Gasteiger partial charge in [-0.25, -0.2) is 5.48 Å². The molecule has 0 fully saturated rings. The second-order valence-electron chi connectivity index (χ2n) is 4.25. The summed E-state index contributed by atoms with van der Waals surface area (Å²) in [5.41, 5.74) is 3.26. The van der Waals surface area contributed by atoms with Gasteiger partial charge in [-0.3, -0.25) is 14.8 Å². The van der Waals surface area contributed by atoms with Gasteiger partial charge in [0.2, 0.25) is 5.91 Å². The second-order valence-corrected chi connectivity index (χ2v) is 4.25. The summed E-state index contributed by atoms with van der Waals surface area (Å²) in [6.07, 6.45) is 2.97. The monoisotopic (exact) mass is 282 g/mol. The molecule has 0 spiro atoms. The number of benzene rings is 2. The third-order valence-electron chi connectivity index (χ3n) is 2.72. The Balaban J connectivity index is 2.04. The summed E-state index contributed by atoms with van der Waals surface area (Å²) < 4.78 is 0. The largest absolute Gasteiger partial charge is 0.323 e. The molecule has 2 amide bonds. The first-order valence-corrected chi connectivity index (χ1v) is 6.27. The number of nitrogens with one attached hydrogen (secondary N) is 2. The average Bonchev–Trinajstić information content (AvgIpc) is 2.53. The molecule has 2 aromatic carbocycles. The second kappa shape index (κ2) is 7.02. The Morgan fingerprint density at radius 1 is 1.00 bits per heavy atom. The Bertz CT molecular complexity index is 666. The lowest BCUT2D eigenvalue weighted by molar-refractivity contribution is -0.111. The molecule has 0 radical (unpaired) electrons. The maximum atomic E-state index is 11.7. The molecule has 0 aliphatic rings. The third-order valence-corrected chi connectivity index (χ3v) is 2.72. The minimum absolute atomic E-state index is 0.266. The molecule has 5 heteroatoms. The molecule has 5 nitrogen and oxygen atoms in total. The fourth-order valence-electron chi connectivity index (χ4n) is 1.73. The van der Waals surface area contributed by atoms with Gasteiger partial charge in [0, 0.05) is 17.3 Å². The van der Waals surface area contributed by atoms with Crippen molar-refractivity contribution in [2.75, 3.05) is 5.32 Å². The first-order valence-electron chi connectivity index (χ1n) is 6.27. The number of hydrogen-bond acceptors (Lipinski definition) is 3. The van der Waals surface area contributed by atoms with E-state index in [4.69, 9.17) is 5.21 Å². The van der Waals surface area contributed by atoms with Gasteiger partial charge in [0.15, 0.2) is 0 Å². The van der Waals surface area contributed by atoms with Gasteiger partial charge in [-0.15, -0.1) is 0 Å². The molecule has 0 atom stereocenters. The number of rotatable bonds is 4. The van der Waals surface area contributed by atoms with E-state index in [0.29, 0.717) is 16.8 Å². The standard InChI is InChI=1S/C16H14N2O3/c19-15(17-14-7-2-1-3-8-14)10-9-12-5-4-6-13(11-12)16(20)18-21/h1-11,21H,(H,17,19)(H,18,20)/b10-9+. The fraction of sp³-hybridized carbons (Fsp3) is 0. The molecule has 0 unspecified atom stereocenters. The van der Waals surface area contributed by atoms with Gasteiger partial charge in [-0.2, -0.15) is 0 Å². The quantitative estimate of drug-likeness (QED) is 0.458.